The van der Waals surface area contributed by atoms with Gasteiger partial charge in [0.2, 0.25) is 0 Å². The van der Waals surface area contributed by atoms with Gasteiger partial charge >= 0.3 is 6.03 Å². The summed E-state index contributed by atoms with van der Waals surface area (Å²) in [5.74, 6) is 0. The lowest BCUT2D eigenvalue weighted by Gasteiger charge is -2.20. The normalized spacial score (nSPS) is 15.4. The number of sulfonamides is 1. The molecule has 0 bridgehead atoms. The van der Waals surface area contributed by atoms with Gasteiger partial charge < -0.3 is 10.2 Å². The first-order valence-corrected chi connectivity index (χ1v) is 10.6. The fourth-order valence-corrected chi connectivity index (χ4v) is 4.77. The molecule has 0 radical (unpaired) electrons. The number of likely N-dealkylation sites (tertiary alicyclic amines) is 1. The van der Waals surface area contributed by atoms with Crippen LogP contribution in [0.5, 0.6) is 0 Å². The Morgan fingerprint density at radius 1 is 0.960 bits per heavy atom. The van der Waals surface area contributed by atoms with Crippen LogP contribution in [-0.4, -0.2) is 32.4 Å². The molecule has 3 rings (SSSR count). The Labute approximate surface area is 151 Å². The molecule has 0 aliphatic carbocycles. The van der Waals surface area contributed by atoms with Gasteiger partial charge in [0.05, 0.1) is 0 Å². The predicted molar refractivity (Wildman–Crippen MR) is 101 cm³/mol. The second kappa shape index (κ2) is 7.88. The summed E-state index contributed by atoms with van der Waals surface area (Å²) in [6.45, 7) is 1.56. The molecular formula is C17H21N3O3S2. The number of thiophene rings is 1. The Hall–Kier alpha value is -2.06. The fourth-order valence-electron chi connectivity index (χ4n) is 2.72. The molecular weight excluding hydrogens is 358 g/mol. The molecule has 1 aromatic heterocycles. The number of carbonyl (C=O) groups excluding carboxylic acids is 1. The molecule has 1 aliphatic heterocycles. The van der Waals surface area contributed by atoms with E-state index in [1.54, 1.807) is 41.8 Å². The van der Waals surface area contributed by atoms with Gasteiger partial charge in [-0.25, -0.2) is 13.2 Å². The van der Waals surface area contributed by atoms with E-state index in [1.807, 2.05) is 4.90 Å². The summed E-state index contributed by atoms with van der Waals surface area (Å²) < 4.78 is 27.2. The maximum absolute atomic E-state index is 12.3. The Bertz CT molecular complexity index is 794. The minimum Gasteiger partial charge on any atom is -0.325 e. The van der Waals surface area contributed by atoms with E-state index in [0.717, 1.165) is 25.9 Å². The van der Waals surface area contributed by atoms with Gasteiger partial charge in [0.1, 0.15) is 4.21 Å². The smallest absolute Gasteiger partial charge is 0.321 e. The van der Waals surface area contributed by atoms with Gasteiger partial charge in [-0.05, 0) is 48.6 Å². The third-order valence-electron chi connectivity index (χ3n) is 4.04. The highest BCUT2D eigenvalue weighted by Gasteiger charge is 2.17. The maximum Gasteiger partial charge on any atom is 0.321 e. The average Bonchev–Trinajstić information content (AvgIpc) is 3.00. The molecule has 2 N–H and O–H groups in total. The summed E-state index contributed by atoms with van der Waals surface area (Å²) in [5.41, 5.74) is 1.11. The van der Waals surface area contributed by atoms with Crippen LogP contribution in [0.4, 0.5) is 16.2 Å². The Morgan fingerprint density at radius 2 is 1.60 bits per heavy atom. The molecule has 2 amide bonds. The van der Waals surface area contributed by atoms with Crippen molar-refractivity contribution >= 4 is 38.8 Å². The van der Waals surface area contributed by atoms with E-state index in [1.165, 1.54) is 24.2 Å². The third-order valence-corrected chi connectivity index (χ3v) is 6.82. The Balaban J connectivity index is 1.61. The molecule has 2 heterocycles. The summed E-state index contributed by atoms with van der Waals surface area (Å²) >= 11 is 1.17. The van der Waals surface area contributed by atoms with E-state index in [4.69, 9.17) is 0 Å². The fraction of sp³-hybridized carbons (Fsp3) is 0.353. The van der Waals surface area contributed by atoms with E-state index in [0.29, 0.717) is 11.4 Å². The van der Waals surface area contributed by atoms with Crippen LogP contribution in [0, 0.1) is 0 Å². The average molecular weight is 380 g/mol. The van der Waals surface area contributed by atoms with Gasteiger partial charge in [-0.3, -0.25) is 4.72 Å². The van der Waals surface area contributed by atoms with Crippen molar-refractivity contribution in [2.24, 2.45) is 0 Å². The number of rotatable bonds is 4. The largest absolute Gasteiger partial charge is 0.325 e. The lowest BCUT2D eigenvalue weighted by Crippen LogP contribution is -2.35. The molecule has 1 saturated heterocycles. The van der Waals surface area contributed by atoms with Crippen molar-refractivity contribution in [2.45, 2.75) is 29.9 Å². The molecule has 8 heteroatoms. The zero-order chi connectivity index (χ0) is 17.7. The van der Waals surface area contributed by atoms with Crippen molar-refractivity contribution in [3.8, 4) is 0 Å². The van der Waals surface area contributed by atoms with E-state index in [9.17, 15) is 13.2 Å². The molecule has 1 aliphatic rings. The van der Waals surface area contributed by atoms with Crippen molar-refractivity contribution in [1.82, 2.24) is 4.90 Å². The number of amides is 2. The van der Waals surface area contributed by atoms with E-state index >= 15 is 0 Å². The molecule has 0 atom stereocenters. The number of hydrogen-bond donors (Lipinski definition) is 2. The number of urea groups is 1. The predicted octanol–water partition coefficient (Wildman–Crippen LogP) is 3.96. The Morgan fingerprint density at radius 3 is 2.20 bits per heavy atom. The highest BCUT2D eigenvalue weighted by Crippen LogP contribution is 2.21. The number of hydrogen-bond acceptors (Lipinski definition) is 4. The van der Waals surface area contributed by atoms with E-state index in [2.05, 4.69) is 10.0 Å². The second-order valence-electron chi connectivity index (χ2n) is 5.95. The highest BCUT2D eigenvalue weighted by molar-refractivity contribution is 7.94. The second-order valence-corrected chi connectivity index (χ2v) is 8.80. The van der Waals surface area contributed by atoms with Crippen LogP contribution in [0.1, 0.15) is 25.7 Å². The van der Waals surface area contributed by atoms with Gasteiger partial charge in [0, 0.05) is 24.5 Å². The summed E-state index contributed by atoms with van der Waals surface area (Å²) in [7, 11) is -3.55. The zero-order valence-corrected chi connectivity index (χ0v) is 15.4. The van der Waals surface area contributed by atoms with Crippen LogP contribution in [0.3, 0.4) is 0 Å². The number of nitrogens with zero attached hydrogens (tertiary/aromatic N) is 1. The molecule has 1 fully saturated rings. The van der Waals surface area contributed by atoms with Gasteiger partial charge in [-0.2, -0.15) is 0 Å². The number of anilines is 2. The molecule has 0 saturated carbocycles. The minimum atomic E-state index is -3.55. The van der Waals surface area contributed by atoms with Gasteiger partial charge in [0.15, 0.2) is 0 Å². The van der Waals surface area contributed by atoms with Crippen molar-refractivity contribution in [2.75, 3.05) is 23.1 Å². The van der Waals surface area contributed by atoms with Gasteiger partial charge in [0.25, 0.3) is 10.0 Å². The molecule has 0 spiro atoms. The number of benzene rings is 1. The number of carbonyl (C=O) groups is 1. The summed E-state index contributed by atoms with van der Waals surface area (Å²) in [5, 5.41) is 4.59. The van der Waals surface area contributed by atoms with Crippen LogP contribution >= 0.6 is 11.3 Å². The van der Waals surface area contributed by atoms with Crippen LogP contribution in [0.2, 0.25) is 0 Å². The summed E-state index contributed by atoms with van der Waals surface area (Å²) in [6.07, 6.45) is 4.42. The summed E-state index contributed by atoms with van der Waals surface area (Å²) in [4.78, 5) is 14.1. The van der Waals surface area contributed by atoms with E-state index in [-0.39, 0.29) is 10.2 Å². The van der Waals surface area contributed by atoms with Crippen LogP contribution in [-0.2, 0) is 10.0 Å². The molecule has 6 nitrogen and oxygen atoms in total. The van der Waals surface area contributed by atoms with Crippen molar-refractivity contribution < 1.29 is 13.2 Å². The topological polar surface area (TPSA) is 78.5 Å². The SMILES string of the molecule is O=C(Nc1ccc(NS(=O)(=O)c2cccs2)cc1)N1CCCCCC1. The lowest BCUT2D eigenvalue weighted by molar-refractivity contribution is 0.214. The standard InChI is InChI=1S/C17H21N3O3S2/c21-17(20-11-3-1-2-4-12-20)18-14-7-9-15(10-8-14)19-25(22,23)16-6-5-13-24-16/h5-10,13,19H,1-4,11-12H2,(H,18,21). The van der Waals surface area contributed by atoms with Crippen LogP contribution in [0.25, 0.3) is 0 Å². The molecule has 2 aromatic rings. The maximum atomic E-state index is 12.3. The zero-order valence-electron chi connectivity index (χ0n) is 13.8. The first-order chi connectivity index (χ1) is 12.0. The quantitative estimate of drug-likeness (QED) is 0.844. The van der Waals surface area contributed by atoms with Crippen LogP contribution in [0.15, 0.2) is 46.0 Å². The van der Waals surface area contributed by atoms with Gasteiger partial charge in [-0.1, -0.05) is 18.9 Å². The highest BCUT2D eigenvalue weighted by atomic mass is 32.2. The first kappa shape index (κ1) is 17.8. The van der Waals surface area contributed by atoms with Crippen molar-refractivity contribution in [3.63, 3.8) is 0 Å². The van der Waals surface area contributed by atoms with Crippen molar-refractivity contribution in [3.05, 3.63) is 41.8 Å². The minimum absolute atomic E-state index is 0.103. The number of nitrogens with one attached hydrogen (secondary N) is 2. The molecule has 1 aromatic carbocycles. The lowest BCUT2D eigenvalue weighted by atomic mass is 10.2. The molecule has 134 valence electrons. The van der Waals surface area contributed by atoms with E-state index < -0.39 is 10.0 Å². The van der Waals surface area contributed by atoms with Crippen LogP contribution < -0.4 is 10.0 Å². The van der Waals surface area contributed by atoms with Gasteiger partial charge in [-0.15, -0.1) is 11.3 Å². The monoisotopic (exact) mass is 379 g/mol. The third kappa shape index (κ3) is 4.73. The molecule has 0 unspecified atom stereocenters. The van der Waals surface area contributed by atoms with Crippen molar-refractivity contribution in [1.29, 1.82) is 0 Å². The molecule has 25 heavy (non-hydrogen) atoms. The summed E-state index contributed by atoms with van der Waals surface area (Å²) in [6, 6.07) is 9.83. The first-order valence-electron chi connectivity index (χ1n) is 8.27. The Kier molecular flexibility index (Phi) is 5.60.